The molecule has 0 radical (unpaired) electrons. The zero-order valence-electron chi connectivity index (χ0n) is 9.04. The van der Waals surface area contributed by atoms with Crippen LogP contribution in [0.15, 0.2) is 0 Å². The molecule has 0 amide bonds. The molecule has 0 aromatic rings. The van der Waals surface area contributed by atoms with E-state index in [2.05, 4.69) is 0 Å². The SMILES string of the molecule is CCC(CCCCCCCO)C(=O)O. The molecule has 84 valence electrons. The summed E-state index contributed by atoms with van der Waals surface area (Å²) in [5.41, 5.74) is 0. The summed E-state index contributed by atoms with van der Waals surface area (Å²) < 4.78 is 0. The number of carboxylic acids is 1. The second-order valence-electron chi connectivity index (χ2n) is 3.72. The molecule has 1 atom stereocenters. The first-order chi connectivity index (χ1) is 6.72. The van der Waals surface area contributed by atoms with Gasteiger partial charge in [0.1, 0.15) is 0 Å². The molecule has 2 N–H and O–H groups in total. The van der Waals surface area contributed by atoms with Crippen LogP contribution in [0, 0.1) is 5.92 Å². The van der Waals surface area contributed by atoms with Gasteiger partial charge in [0.25, 0.3) is 0 Å². The lowest BCUT2D eigenvalue weighted by Gasteiger charge is -2.08. The van der Waals surface area contributed by atoms with Crippen molar-refractivity contribution in [3.63, 3.8) is 0 Å². The zero-order valence-corrected chi connectivity index (χ0v) is 9.04. The monoisotopic (exact) mass is 202 g/mol. The molecular weight excluding hydrogens is 180 g/mol. The summed E-state index contributed by atoms with van der Waals surface area (Å²) in [5.74, 6) is -0.823. The van der Waals surface area contributed by atoms with Crippen molar-refractivity contribution < 1.29 is 15.0 Å². The fourth-order valence-electron chi connectivity index (χ4n) is 1.54. The van der Waals surface area contributed by atoms with Crippen molar-refractivity contribution in [1.82, 2.24) is 0 Å². The van der Waals surface area contributed by atoms with Crippen LogP contribution >= 0.6 is 0 Å². The second-order valence-corrected chi connectivity index (χ2v) is 3.72. The second kappa shape index (κ2) is 9.00. The van der Waals surface area contributed by atoms with Gasteiger partial charge in [0, 0.05) is 6.61 Å². The van der Waals surface area contributed by atoms with E-state index in [1.54, 1.807) is 0 Å². The summed E-state index contributed by atoms with van der Waals surface area (Å²) in [6.07, 6.45) is 6.64. The van der Waals surface area contributed by atoms with Crippen molar-refractivity contribution in [2.45, 2.75) is 51.9 Å². The summed E-state index contributed by atoms with van der Waals surface area (Å²) in [4.78, 5) is 10.7. The van der Waals surface area contributed by atoms with Crippen LogP contribution in [0.1, 0.15) is 51.9 Å². The van der Waals surface area contributed by atoms with E-state index < -0.39 is 5.97 Å². The van der Waals surface area contributed by atoms with E-state index >= 15 is 0 Å². The summed E-state index contributed by atoms with van der Waals surface area (Å²) in [7, 11) is 0. The minimum Gasteiger partial charge on any atom is -0.481 e. The molecule has 1 unspecified atom stereocenters. The van der Waals surface area contributed by atoms with Crippen molar-refractivity contribution >= 4 is 5.97 Å². The lowest BCUT2D eigenvalue weighted by Crippen LogP contribution is -2.12. The lowest BCUT2D eigenvalue weighted by atomic mass is 9.98. The van der Waals surface area contributed by atoms with E-state index in [-0.39, 0.29) is 12.5 Å². The predicted octanol–water partition coefficient (Wildman–Crippen LogP) is 2.43. The Morgan fingerprint density at radius 3 is 2.21 bits per heavy atom. The number of hydrogen-bond donors (Lipinski definition) is 2. The van der Waals surface area contributed by atoms with Gasteiger partial charge in [-0.05, 0) is 19.3 Å². The first-order valence-corrected chi connectivity index (χ1v) is 5.56. The fourth-order valence-corrected chi connectivity index (χ4v) is 1.54. The van der Waals surface area contributed by atoms with E-state index in [0.717, 1.165) is 44.9 Å². The standard InChI is InChI=1S/C11H22O3/c1-2-10(11(13)14)8-6-4-3-5-7-9-12/h10,12H,2-9H2,1H3,(H,13,14). The van der Waals surface area contributed by atoms with Crippen LogP contribution in [0.5, 0.6) is 0 Å². The molecule has 0 heterocycles. The number of unbranched alkanes of at least 4 members (excludes halogenated alkanes) is 4. The van der Waals surface area contributed by atoms with Gasteiger partial charge in [-0.15, -0.1) is 0 Å². The van der Waals surface area contributed by atoms with Crippen LogP contribution in [-0.2, 0) is 4.79 Å². The highest BCUT2D eigenvalue weighted by molar-refractivity contribution is 5.69. The maximum Gasteiger partial charge on any atom is 0.306 e. The Bertz CT molecular complexity index is 145. The zero-order chi connectivity index (χ0) is 10.8. The van der Waals surface area contributed by atoms with Gasteiger partial charge in [0.2, 0.25) is 0 Å². The highest BCUT2D eigenvalue weighted by Gasteiger charge is 2.13. The Kier molecular flexibility index (Phi) is 8.64. The predicted molar refractivity (Wildman–Crippen MR) is 56.2 cm³/mol. The Labute approximate surface area is 86.1 Å². The molecule has 0 aromatic carbocycles. The van der Waals surface area contributed by atoms with Gasteiger partial charge in [-0.3, -0.25) is 4.79 Å². The van der Waals surface area contributed by atoms with Crippen LogP contribution in [0.3, 0.4) is 0 Å². The van der Waals surface area contributed by atoms with Crippen LogP contribution in [-0.4, -0.2) is 22.8 Å². The van der Waals surface area contributed by atoms with Gasteiger partial charge >= 0.3 is 5.97 Å². The number of aliphatic hydroxyl groups is 1. The summed E-state index contributed by atoms with van der Waals surface area (Å²) in [6.45, 7) is 2.19. The molecule has 0 fully saturated rings. The third kappa shape index (κ3) is 6.89. The van der Waals surface area contributed by atoms with Gasteiger partial charge in [-0.2, -0.15) is 0 Å². The molecule has 14 heavy (non-hydrogen) atoms. The molecule has 3 heteroatoms. The normalized spacial score (nSPS) is 12.7. The number of carboxylic acid groups (broad SMARTS) is 1. The first kappa shape index (κ1) is 13.4. The summed E-state index contributed by atoms with van der Waals surface area (Å²) >= 11 is 0. The summed E-state index contributed by atoms with van der Waals surface area (Å²) in [5, 5.41) is 17.3. The Morgan fingerprint density at radius 2 is 1.71 bits per heavy atom. The Morgan fingerprint density at radius 1 is 1.14 bits per heavy atom. The largest absolute Gasteiger partial charge is 0.481 e. The number of aliphatic hydroxyl groups excluding tert-OH is 1. The molecular formula is C11H22O3. The van der Waals surface area contributed by atoms with E-state index in [1.165, 1.54) is 0 Å². The molecule has 0 saturated carbocycles. The molecule has 0 aliphatic rings. The third-order valence-electron chi connectivity index (χ3n) is 2.55. The van der Waals surface area contributed by atoms with Crippen LogP contribution in [0.2, 0.25) is 0 Å². The average Bonchev–Trinajstić information content (AvgIpc) is 2.16. The maximum atomic E-state index is 10.7. The van der Waals surface area contributed by atoms with E-state index in [4.69, 9.17) is 10.2 Å². The number of carbonyl (C=O) groups is 1. The van der Waals surface area contributed by atoms with E-state index in [1.807, 2.05) is 6.92 Å². The molecule has 0 aliphatic heterocycles. The van der Waals surface area contributed by atoms with E-state index in [9.17, 15) is 4.79 Å². The van der Waals surface area contributed by atoms with Crippen LogP contribution in [0.4, 0.5) is 0 Å². The molecule has 3 nitrogen and oxygen atoms in total. The van der Waals surface area contributed by atoms with E-state index in [0.29, 0.717) is 0 Å². The van der Waals surface area contributed by atoms with Crippen molar-refractivity contribution in [2.75, 3.05) is 6.61 Å². The minimum absolute atomic E-state index is 0.159. The highest BCUT2D eigenvalue weighted by Crippen LogP contribution is 2.14. The van der Waals surface area contributed by atoms with Gasteiger partial charge < -0.3 is 10.2 Å². The Hall–Kier alpha value is -0.570. The fraction of sp³-hybridized carbons (Fsp3) is 0.909. The van der Waals surface area contributed by atoms with Gasteiger partial charge in [0.15, 0.2) is 0 Å². The maximum absolute atomic E-state index is 10.7. The van der Waals surface area contributed by atoms with Gasteiger partial charge in [-0.25, -0.2) is 0 Å². The third-order valence-corrected chi connectivity index (χ3v) is 2.55. The van der Waals surface area contributed by atoms with Crippen molar-refractivity contribution in [3.05, 3.63) is 0 Å². The first-order valence-electron chi connectivity index (χ1n) is 5.56. The molecule has 0 bridgehead atoms. The van der Waals surface area contributed by atoms with Crippen LogP contribution in [0.25, 0.3) is 0 Å². The average molecular weight is 202 g/mol. The molecule has 0 rings (SSSR count). The Balaban J connectivity index is 3.29. The minimum atomic E-state index is -0.664. The molecule has 0 spiro atoms. The quantitative estimate of drug-likeness (QED) is 0.564. The molecule has 0 aromatic heterocycles. The van der Waals surface area contributed by atoms with Crippen molar-refractivity contribution in [2.24, 2.45) is 5.92 Å². The molecule has 0 aliphatic carbocycles. The topological polar surface area (TPSA) is 57.5 Å². The van der Waals surface area contributed by atoms with Gasteiger partial charge in [0.05, 0.1) is 5.92 Å². The lowest BCUT2D eigenvalue weighted by molar-refractivity contribution is -0.142. The smallest absolute Gasteiger partial charge is 0.306 e. The highest BCUT2D eigenvalue weighted by atomic mass is 16.4. The number of aliphatic carboxylic acids is 1. The number of hydrogen-bond acceptors (Lipinski definition) is 2. The summed E-state index contributed by atoms with van der Waals surface area (Å²) in [6, 6.07) is 0. The van der Waals surface area contributed by atoms with Gasteiger partial charge in [-0.1, -0.05) is 32.6 Å². The molecule has 0 saturated heterocycles. The van der Waals surface area contributed by atoms with Crippen molar-refractivity contribution in [3.8, 4) is 0 Å². The van der Waals surface area contributed by atoms with Crippen LogP contribution < -0.4 is 0 Å². The van der Waals surface area contributed by atoms with Crippen molar-refractivity contribution in [1.29, 1.82) is 0 Å². The number of rotatable bonds is 9.